The molecule has 0 saturated heterocycles. The molecule has 2 aromatic rings. The molecule has 0 bridgehead atoms. The molecule has 0 amide bonds. The lowest BCUT2D eigenvalue weighted by atomic mass is 10.0. The first-order valence-electron chi connectivity index (χ1n) is 5.52. The third kappa shape index (κ3) is 2.69. The summed E-state index contributed by atoms with van der Waals surface area (Å²) in [6.45, 7) is 0. The number of halogens is 2. The van der Waals surface area contributed by atoms with E-state index in [4.69, 9.17) is 5.84 Å². The third-order valence-electron chi connectivity index (χ3n) is 2.70. The second kappa shape index (κ2) is 5.66. The Bertz CT molecular complexity index is 517. The predicted octanol–water partition coefficient (Wildman–Crippen LogP) is 2.11. The maximum atomic E-state index is 13.6. The van der Waals surface area contributed by atoms with Crippen molar-refractivity contribution in [3.05, 3.63) is 65.5 Å². The molecule has 3 nitrogen and oxygen atoms in total. The van der Waals surface area contributed by atoms with E-state index in [-0.39, 0.29) is 18.0 Å². The number of benzene rings is 1. The molecule has 3 N–H and O–H groups in total. The van der Waals surface area contributed by atoms with E-state index >= 15 is 0 Å². The van der Waals surface area contributed by atoms with E-state index in [1.807, 2.05) is 6.07 Å². The summed E-state index contributed by atoms with van der Waals surface area (Å²) >= 11 is 0. The van der Waals surface area contributed by atoms with Crippen LogP contribution in [0.1, 0.15) is 17.3 Å². The minimum absolute atomic E-state index is 0.233. The molecule has 0 aliphatic heterocycles. The summed E-state index contributed by atoms with van der Waals surface area (Å²) in [6.07, 6.45) is 1.86. The Morgan fingerprint density at radius 3 is 2.67 bits per heavy atom. The first kappa shape index (κ1) is 12.6. The number of hydrazine groups is 1. The highest BCUT2D eigenvalue weighted by Gasteiger charge is 2.15. The van der Waals surface area contributed by atoms with Crippen molar-refractivity contribution in [1.82, 2.24) is 10.4 Å². The van der Waals surface area contributed by atoms with Gasteiger partial charge < -0.3 is 0 Å². The first-order chi connectivity index (χ1) is 8.72. The number of hydrogen-bond donors (Lipinski definition) is 2. The van der Waals surface area contributed by atoms with E-state index in [0.29, 0.717) is 5.69 Å². The van der Waals surface area contributed by atoms with Gasteiger partial charge in [-0.05, 0) is 30.2 Å². The van der Waals surface area contributed by atoms with E-state index < -0.39 is 11.6 Å². The molecule has 1 aromatic carbocycles. The van der Waals surface area contributed by atoms with Gasteiger partial charge in [-0.1, -0.05) is 18.2 Å². The molecule has 0 spiro atoms. The normalized spacial score (nSPS) is 12.4. The summed E-state index contributed by atoms with van der Waals surface area (Å²) < 4.78 is 26.6. The minimum Gasteiger partial charge on any atom is -0.271 e. The van der Waals surface area contributed by atoms with Crippen LogP contribution < -0.4 is 11.3 Å². The Balaban J connectivity index is 2.24. The van der Waals surface area contributed by atoms with Crippen molar-refractivity contribution in [3.63, 3.8) is 0 Å². The standard InChI is InChI=1S/C13H13F2N3/c14-10-5-3-4-9(13(10)15)8-12(18-16)11-6-1-2-7-17-11/h1-7,12,18H,8,16H2. The Morgan fingerprint density at radius 1 is 1.17 bits per heavy atom. The molecule has 0 radical (unpaired) electrons. The van der Waals surface area contributed by atoms with Gasteiger partial charge in [0, 0.05) is 6.20 Å². The Morgan fingerprint density at radius 2 is 2.00 bits per heavy atom. The maximum absolute atomic E-state index is 13.6. The Kier molecular flexibility index (Phi) is 3.96. The van der Waals surface area contributed by atoms with Crippen molar-refractivity contribution < 1.29 is 8.78 Å². The number of nitrogens with one attached hydrogen (secondary N) is 1. The van der Waals surface area contributed by atoms with Gasteiger partial charge in [0.05, 0.1) is 11.7 Å². The molecule has 0 aliphatic rings. The van der Waals surface area contributed by atoms with Crippen LogP contribution in [0, 0.1) is 11.6 Å². The predicted molar refractivity (Wildman–Crippen MR) is 64.4 cm³/mol. The van der Waals surface area contributed by atoms with Crippen molar-refractivity contribution in [2.45, 2.75) is 12.5 Å². The molecule has 1 unspecified atom stereocenters. The average Bonchev–Trinajstić information content (AvgIpc) is 2.41. The van der Waals surface area contributed by atoms with Crippen molar-refractivity contribution in [2.75, 3.05) is 0 Å². The molecular formula is C13H13F2N3. The molecule has 0 fully saturated rings. The number of rotatable bonds is 4. The fourth-order valence-electron chi connectivity index (χ4n) is 1.76. The van der Waals surface area contributed by atoms with Gasteiger partial charge >= 0.3 is 0 Å². The quantitative estimate of drug-likeness (QED) is 0.644. The molecule has 0 aliphatic carbocycles. The van der Waals surface area contributed by atoms with Gasteiger partial charge in [0.15, 0.2) is 11.6 Å². The molecular weight excluding hydrogens is 236 g/mol. The Labute approximate surface area is 104 Å². The number of aromatic nitrogens is 1. The molecule has 5 heteroatoms. The van der Waals surface area contributed by atoms with Crippen LogP contribution in [-0.2, 0) is 6.42 Å². The number of nitrogens with zero attached hydrogens (tertiary/aromatic N) is 1. The summed E-state index contributed by atoms with van der Waals surface area (Å²) in [4.78, 5) is 4.14. The second-order valence-corrected chi connectivity index (χ2v) is 3.89. The molecule has 1 aromatic heterocycles. The fourth-order valence-corrected chi connectivity index (χ4v) is 1.76. The summed E-state index contributed by atoms with van der Waals surface area (Å²) in [5.74, 6) is 3.74. The van der Waals surface area contributed by atoms with E-state index in [9.17, 15) is 8.78 Å². The fraction of sp³-hybridized carbons (Fsp3) is 0.154. The van der Waals surface area contributed by atoms with E-state index in [2.05, 4.69) is 10.4 Å². The molecule has 18 heavy (non-hydrogen) atoms. The highest BCUT2D eigenvalue weighted by atomic mass is 19.2. The minimum atomic E-state index is -0.857. The first-order valence-corrected chi connectivity index (χ1v) is 5.52. The van der Waals surface area contributed by atoms with E-state index in [0.717, 1.165) is 6.07 Å². The van der Waals surface area contributed by atoms with Gasteiger partial charge in [-0.25, -0.2) is 8.78 Å². The molecule has 94 valence electrons. The summed E-state index contributed by atoms with van der Waals surface area (Å²) in [5.41, 5.74) is 3.51. The SMILES string of the molecule is NNC(Cc1cccc(F)c1F)c1ccccn1. The van der Waals surface area contributed by atoms with Crippen molar-refractivity contribution in [3.8, 4) is 0 Å². The van der Waals surface area contributed by atoms with Crippen LogP contribution in [0.5, 0.6) is 0 Å². The lowest BCUT2D eigenvalue weighted by Gasteiger charge is -2.15. The lowest BCUT2D eigenvalue weighted by molar-refractivity contribution is 0.478. The zero-order valence-electron chi connectivity index (χ0n) is 9.61. The van der Waals surface area contributed by atoms with E-state index in [1.54, 1.807) is 18.3 Å². The topological polar surface area (TPSA) is 50.9 Å². The molecule has 1 heterocycles. The Hall–Kier alpha value is -1.85. The van der Waals surface area contributed by atoms with Gasteiger partial charge in [-0.3, -0.25) is 16.3 Å². The van der Waals surface area contributed by atoms with Crippen molar-refractivity contribution in [1.29, 1.82) is 0 Å². The monoisotopic (exact) mass is 249 g/mol. The summed E-state index contributed by atoms with van der Waals surface area (Å²) in [5, 5.41) is 0. The van der Waals surface area contributed by atoms with Gasteiger partial charge in [0.25, 0.3) is 0 Å². The third-order valence-corrected chi connectivity index (χ3v) is 2.70. The van der Waals surface area contributed by atoms with Gasteiger partial charge in [0.2, 0.25) is 0 Å². The van der Waals surface area contributed by atoms with Crippen LogP contribution >= 0.6 is 0 Å². The van der Waals surface area contributed by atoms with Crippen molar-refractivity contribution in [2.24, 2.45) is 5.84 Å². The number of hydrogen-bond acceptors (Lipinski definition) is 3. The smallest absolute Gasteiger partial charge is 0.162 e. The molecule has 1 atom stereocenters. The van der Waals surface area contributed by atoms with Crippen LogP contribution in [0.4, 0.5) is 8.78 Å². The van der Waals surface area contributed by atoms with E-state index in [1.165, 1.54) is 12.1 Å². The lowest BCUT2D eigenvalue weighted by Crippen LogP contribution is -2.30. The van der Waals surface area contributed by atoms with Crippen LogP contribution in [0.15, 0.2) is 42.6 Å². The highest BCUT2D eigenvalue weighted by Crippen LogP contribution is 2.19. The zero-order valence-corrected chi connectivity index (χ0v) is 9.61. The molecule has 2 rings (SSSR count). The van der Waals surface area contributed by atoms with Gasteiger partial charge in [-0.2, -0.15) is 0 Å². The van der Waals surface area contributed by atoms with Crippen LogP contribution in [0.2, 0.25) is 0 Å². The highest BCUT2D eigenvalue weighted by molar-refractivity contribution is 5.22. The van der Waals surface area contributed by atoms with Gasteiger partial charge in [-0.15, -0.1) is 0 Å². The largest absolute Gasteiger partial charge is 0.271 e. The zero-order chi connectivity index (χ0) is 13.0. The maximum Gasteiger partial charge on any atom is 0.162 e. The second-order valence-electron chi connectivity index (χ2n) is 3.89. The number of pyridine rings is 1. The van der Waals surface area contributed by atoms with Crippen LogP contribution in [0.25, 0.3) is 0 Å². The van der Waals surface area contributed by atoms with Crippen LogP contribution in [-0.4, -0.2) is 4.98 Å². The molecule has 0 saturated carbocycles. The average molecular weight is 249 g/mol. The summed E-state index contributed by atoms with van der Waals surface area (Å²) in [6, 6.07) is 9.11. The number of nitrogens with two attached hydrogens (primary N) is 1. The van der Waals surface area contributed by atoms with Crippen LogP contribution in [0.3, 0.4) is 0 Å². The van der Waals surface area contributed by atoms with Crippen molar-refractivity contribution >= 4 is 0 Å². The summed E-state index contributed by atoms with van der Waals surface area (Å²) in [7, 11) is 0. The van der Waals surface area contributed by atoms with Gasteiger partial charge in [0.1, 0.15) is 0 Å².